The van der Waals surface area contributed by atoms with E-state index in [1.54, 1.807) is 24.3 Å². The Morgan fingerprint density at radius 1 is 1.00 bits per heavy atom. The number of anilines is 1. The highest BCUT2D eigenvalue weighted by Gasteiger charge is 2.19. The molecule has 0 heterocycles. The number of aryl methyl sites for hydroxylation is 1. The Hall–Kier alpha value is -2.82. The van der Waals surface area contributed by atoms with Crippen molar-refractivity contribution in [2.45, 2.75) is 64.5 Å². The number of carbonyl (C=O) groups is 2. The summed E-state index contributed by atoms with van der Waals surface area (Å²) in [5, 5.41) is 5.98. The summed E-state index contributed by atoms with van der Waals surface area (Å²) in [5.41, 5.74) is 2.40. The fraction of sp³-hybridized carbons (Fsp3) is 0.417. The van der Waals surface area contributed by atoms with Crippen LogP contribution in [-0.4, -0.2) is 24.0 Å². The average molecular weight is 395 g/mol. The molecule has 154 valence electrons. The number of hydrogen-bond acceptors (Lipinski definition) is 3. The van der Waals surface area contributed by atoms with Crippen LogP contribution in [0.3, 0.4) is 0 Å². The predicted octanol–water partition coefficient (Wildman–Crippen LogP) is 4.85. The van der Waals surface area contributed by atoms with Crippen molar-refractivity contribution < 1.29 is 14.3 Å². The molecule has 0 bridgehead atoms. The molecule has 1 fully saturated rings. The topological polar surface area (TPSA) is 67.4 Å². The Bertz CT molecular complexity index is 809. The fourth-order valence-electron chi connectivity index (χ4n) is 3.55. The molecule has 0 radical (unpaired) electrons. The van der Waals surface area contributed by atoms with Gasteiger partial charge < -0.3 is 15.4 Å². The lowest BCUT2D eigenvalue weighted by atomic mass is 9.95. The van der Waals surface area contributed by atoms with Crippen molar-refractivity contribution in [2.24, 2.45) is 0 Å². The zero-order valence-electron chi connectivity index (χ0n) is 17.2. The van der Waals surface area contributed by atoms with E-state index < -0.39 is 6.10 Å². The molecule has 2 N–H and O–H groups in total. The fourth-order valence-corrected chi connectivity index (χ4v) is 3.55. The van der Waals surface area contributed by atoms with Gasteiger partial charge in [-0.05, 0) is 62.6 Å². The summed E-state index contributed by atoms with van der Waals surface area (Å²) in [7, 11) is 0. The molecule has 5 heteroatoms. The Kier molecular flexibility index (Phi) is 7.28. The highest BCUT2D eigenvalue weighted by atomic mass is 16.5. The summed E-state index contributed by atoms with van der Waals surface area (Å²) in [6.45, 7) is 3.92. The standard InChI is InChI=1S/C24H30N2O3/c1-3-22(29-21-15-9-17(2)10-16-21)24(28)26-20-13-11-18(12-14-20)23(27)25-19-7-5-4-6-8-19/h9-16,19,22H,3-8H2,1-2H3,(H,25,27)(H,26,28). The van der Waals surface area contributed by atoms with E-state index >= 15 is 0 Å². The van der Waals surface area contributed by atoms with Crippen LogP contribution in [0.25, 0.3) is 0 Å². The maximum Gasteiger partial charge on any atom is 0.265 e. The first-order valence-corrected chi connectivity index (χ1v) is 10.5. The number of benzene rings is 2. The molecule has 1 aliphatic carbocycles. The second kappa shape index (κ2) is 10.1. The van der Waals surface area contributed by atoms with Crippen LogP contribution in [0.4, 0.5) is 5.69 Å². The van der Waals surface area contributed by atoms with Gasteiger partial charge in [0.1, 0.15) is 5.75 Å². The Morgan fingerprint density at radius 3 is 2.28 bits per heavy atom. The molecule has 1 saturated carbocycles. The monoisotopic (exact) mass is 394 g/mol. The molecular formula is C24H30N2O3. The molecule has 2 amide bonds. The lowest BCUT2D eigenvalue weighted by Crippen LogP contribution is -2.36. The second-order valence-corrected chi connectivity index (χ2v) is 7.70. The quantitative estimate of drug-likeness (QED) is 0.705. The van der Waals surface area contributed by atoms with Crippen molar-refractivity contribution in [1.29, 1.82) is 0 Å². The van der Waals surface area contributed by atoms with Gasteiger partial charge in [-0.3, -0.25) is 9.59 Å². The first kappa shape index (κ1) is 20.9. The van der Waals surface area contributed by atoms with Crippen LogP contribution in [0.15, 0.2) is 48.5 Å². The van der Waals surface area contributed by atoms with E-state index in [2.05, 4.69) is 10.6 Å². The van der Waals surface area contributed by atoms with Crippen LogP contribution in [0.5, 0.6) is 5.75 Å². The summed E-state index contributed by atoms with van der Waals surface area (Å²) in [5.74, 6) is 0.420. The molecule has 1 aliphatic rings. The van der Waals surface area contributed by atoms with Crippen LogP contribution in [-0.2, 0) is 4.79 Å². The summed E-state index contributed by atoms with van der Waals surface area (Å²) in [6.07, 6.45) is 5.71. The van der Waals surface area contributed by atoms with Crippen molar-refractivity contribution in [3.63, 3.8) is 0 Å². The molecule has 0 spiro atoms. The maximum atomic E-state index is 12.6. The maximum absolute atomic E-state index is 12.6. The van der Waals surface area contributed by atoms with Gasteiger partial charge in [0.2, 0.25) is 0 Å². The normalized spacial score (nSPS) is 15.4. The van der Waals surface area contributed by atoms with Gasteiger partial charge in [-0.2, -0.15) is 0 Å². The molecule has 2 aromatic rings. The van der Waals surface area contributed by atoms with Crippen LogP contribution in [0, 0.1) is 6.92 Å². The van der Waals surface area contributed by atoms with E-state index in [4.69, 9.17) is 4.74 Å². The molecule has 0 aromatic heterocycles. The molecule has 3 rings (SSSR count). The number of carbonyl (C=O) groups excluding carboxylic acids is 2. The van der Waals surface area contributed by atoms with Gasteiger partial charge in [-0.1, -0.05) is 43.9 Å². The second-order valence-electron chi connectivity index (χ2n) is 7.70. The van der Waals surface area contributed by atoms with Gasteiger partial charge in [0.05, 0.1) is 0 Å². The number of amides is 2. The van der Waals surface area contributed by atoms with Crippen LogP contribution < -0.4 is 15.4 Å². The van der Waals surface area contributed by atoms with Gasteiger partial charge >= 0.3 is 0 Å². The lowest BCUT2D eigenvalue weighted by Gasteiger charge is -2.22. The minimum Gasteiger partial charge on any atom is -0.481 e. The molecule has 2 aromatic carbocycles. The lowest BCUT2D eigenvalue weighted by molar-refractivity contribution is -0.122. The van der Waals surface area contributed by atoms with Gasteiger partial charge in [0.25, 0.3) is 11.8 Å². The number of rotatable bonds is 7. The predicted molar refractivity (Wildman–Crippen MR) is 115 cm³/mol. The summed E-state index contributed by atoms with van der Waals surface area (Å²) in [6, 6.07) is 14.9. The number of ether oxygens (including phenoxy) is 1. The summed E-state index contributed by atoms with van der Waals surface area (Å²) in [4.78, 5) is 25.0. The highest BCUT2D eigenvalue weighted by Crippen LogP contribution is 2.19. The van der Waals surface area contributed by atoms with E-state index in [9.17, 15) is 9.59 Å². The molecule has 1 atom stereocenters. The molecule has 0 saturated heterocycles. The van der Waals surface area contributed by atoms with Gasteiger partial charge in [0.15, 0.2) is 6.10 Å². The minimum absolute atomic E-state index is 0.0519. The SMILES string of the molecule is CCC(Oc1ccc(C)cc1)C(=O)Nc1ccc(C(=O)NC2CCCCC2)cc1. The average Bonchev–Trinajstić information content (AvgIpc) is 2.74. The third-order valence-electron chi connectivity index (χ3n) is 5.32. The van der Waals surface area contributed by atoms with Crippen molar-refractivity contribution >= 4 is 17.5 Å². The van der Waals surface area contributed by atoms with Gasteiger partial charge in [-0.15, -0.1) is 0 Å². The Labute approximate surface area is 172 Å². The molecular weight excluding hydrogens is 364 g/mol. The van der Waals surface area contributed by atoms with Gasteiger partial charge in [0, 0.05) is 17.3 Å². The van der Waals surface area contributed by atoms with E-state index in [1.807, 2.05) is 38.1 Å². The molecule has 1 unspecified atom stereocenters. The molecule has 29 heavy (non-hydrogen) atoms. The van der Waals surface area contributed by atoms with Crippen LogP contribution >= 0.6 is 0 Å². The Balaban J connectivity index is 1.55. The van der Waals surface area contributed by atoms with Crippen molar-refractivity contribution in [1.82, 2.24) is 5.32 Å². The third kappa shape index (κ3) is 6.08. The van der Waals surface area contributed by atoms with E-state index in [0.717, 1.165) is 18.4 Å². The van der Waals surface area contributed by atoms with Crippen LogP contribution in [0.2, 0.25) is 0 Å². The number of hydrogen-bond donors (Lipinski definition) is 2. The van der Waals surface area contributed by atoms with E-state index in [0.29, 0.717) is 23.4 Å². The summed E-state index contributed by atoms with van der Waals surface area (Å²) < 4.78 is 5.82. The van der Waals surface area contributed by atoms with E-state index in [1.165, 1.54) is 19.3 Å². The molecule has 0 aliphatic heterocycles. The highest BCUT2D eigenvalue weighted by molar-refractivity contribution is 5.97. The first-order chi connectivity index (χ1) is 14.0. The summed E-state index contributed by atoms with van der Waals surface area (Å²) >= 11 is 0. The van der Waals surface area contributed by atoms with Crippen molar-refractivity contribution in [2.75, 3.05) is 5.32 Å². The molecule has 5 nitrogen and oxygen atoms in total. The largest absolute Gasteiger partial charge is 0.481 e. The van der Waals surface area contributed by atoms with Gasteiger partial charge in [-0.25, -0.2) is 0 Å². The zero-order chi connectivity index (χ0) is 20.6. The Morgan fingerprint density at radius 2 is 1.66 bits per heavy atom. The van der Waals surface area contributed by atoms with Crippen LogP contribution in [0.1, 0.15) is 61.4 Å². The zero-order valence-corrected chi connectivity index (χ0v) is 17.2. The van der Waals surface area contributed by atoms with E-state index in [-0.39, 0.29) is 17.9 Å². The number of nitrogens with one attached hydrogen (secondary N) is 2. The van der Waals surface area contributed by atoms with Crippen molar-refractivity contribution in [3.05, 3.63) is 59.7 Å². The van der Waals surface area contributed by atoms with Crippen molar-refractivity contribution in [3.8, 4) is 5.75 Å². The third-order valence-corrected chi connectivity index (χ3v) is 5.32. The first-order valence-electron chi connectivity index (χ1n) is 10.5. The minimum atomic E-state index is -0.577. The smallest absolute Gasteiger partial charge is 0.265 e.